The number of rotatable bonds is 1. The molecule has 1 aromatic heterocycles. The molecular formula is C16H19NO2. The molecule has 1 saturated carbocycles. The molecule has 0 amide bonds. The first-order valence-corrected chi connectivity index (χ1v) is 6.79. The molecule has 2 aromatic rings. The van der Waals surface area contributed by atoms with Gasteiger partial charge >= 0.3 is 6.09 Å². The highest BCUT2D eigenvalue weighted by molar-refractivity contribution is 5.92. The molecule has 0 unspecified atom stereocenters. The minimum absolute atomic E-state index is 0.296. The molecule has 100 valence electrons. The summed E-state index contributed by atoms with van der Waals surface area (Å²) in [7, 11) is 0. The third-order valence-corrected chi connectivity index (χ3v) is 3.35. The van der Waals surface area contributed by atoms with Crippen LogP contribution in [0.15, 0.2) is 30.5 Å². The van der Waals surface area contributed by atoms with Crippen molar-refractivity contribution in [2.24, 2.45) is 0 Å². The maximum Gasteiger partial charge on any atom is 0.419 e. The molecule has 0 spiro atoms. The molecule has 0 saturated heterocycles. The van der Waals surface area contributed by atoms with Crippen LogP contribution >= 0.6 is 0 Å². The number of carbonyl (C=O) groups is 1. The van der Waals surface area contributed by atoms with Gasteiger partial charge in [0.2, 0.25) is 0 Å². The Bertz CT molecular complexity index is 630. The lowest BCUT2D eigenvalue weighted by Gasteiger charge is -2.20. The molecule has 0 aliphatic heterocycles. The first-order chi connectivity index (χ1) is 8.96. The van der Waals surface area contributed by atoms with Crippen molar-refractivity contribution < 1.29 is 9.53 Å². The summed E-state index contributed by atoms with van der Waals surface area (Å²) in [5.41, 5.74) is 1.81. The van der Waals surface area contributed by atoms with Crippen molar-refractivity contribution >= 4 is 17.0 Å². The molecule has 0 N–H and O–H groups in total. The summed E-state index contributed by atoms with van der Waals surface area (Å²) in [6.07, 6.45) is 3.96. The molecule has 0 bridgehead atoms. The molecule has 0 atom stereocenters. The molecule has 3 rings (SSSR count). The minimum Gasteiger partial charge on any atom is -0.443 e. The predicted octanol–water partition coefficient (Wildman–Crippen LogP) is 4.30. The van der Waals surface area contributed by atoms with Crippen molar-refractivity contribution in [2.75, 3.05) is 0 Å². The van der Waals surface area contributed by atoms with Crippen molar-refractivity contribution in [3.05, 3.63) is 36.0 Å². The van der Waals surface area contributed by atoms with Crippen LogP contribution in [0.3, 0.4) is 0 Å². The molecule has 1 fully saturated rings. The van der Waals surface area contributed by atoms with E-state index in [-0.39, 0.29) is 6.09 Å². The van der Waals surface area contributed by atoms with Gasteiger partial charge in [-0.15, -0.1) is 0 Å². The molecule has 0 radical (unpaired) electrons. The molecule has 1 aromatic carbocycles. The summed E-state index contributed by atoms with van der Waals surface area (Å²) in [6, 6.07) is 8.21. The molecule has 3 nitrogen and oxygen atoms in total. The lowest BCUT2D eigenvalue weighted by molar-refractivity contribution is 0.0544. The van der Waals surface area contributed by atoms with Crippen LogP contribution in [0.2, 0.25) is 0 Å². The van der Waals surface area contributed by atoms with Gasteiger partial charge in [-0.3, -0.25) is 4.57 Å². The Morgan fingerprint density at radius 1 is 1.26 bits per heavy atom. The van der Waals surface area contributed by atoms with E-state index in [0.717, 1.165) is 10.9 Å². The van der Waals surface area contributed by atoms with Crippen molar-refractivity contribution in [3.63, 3.8) is 0 Å². The largest absolute Gasteiger partial charge is 0.443 e. The van der Waals surface area contributed by atoms with Crippen LogP contribution in [0.25, 0.3) is 10.9 Å². The van der Waals surface area contributed by atoms with E-state index in [2.05, 4.69) is 12.1 Å². The van der Waals surface area contributed by atoms with Crippen LogP contribution in [0.1, 0.15) is 45.1 Å². The number of nitrogens with zero attached hydrogens (tertiary/aromatic N) is 1. The highest BCUT2D eigenvalue weighted by Gasteiger charge is 2.28. The highest BCUT2D eigenvalue weighted by atomic mass is 16.6. The Morgan fingerprint density at radius 2 is 2.00 bits per heavy atom. The highest BCUT2D eigenvalue weighted by Crippen LogP contribution is 2.43. The summed E-state index contributed by atoms with van der Waals surface area (Å²) in [5, 5.41) is 1.11. The number of para-hydroxylation sites is 1. The molecule has 1 aliphatic carbocycles. The van der Waals surface area contributed by atoms with Crippen molar-refractivity contribution in [1.29, 1.82) is 0 Å². The van der Waals surface area contributed by atoms with Crippen molar-refractivity contribution in [3.8, 4) is 0 Å². The molecule has 19 heavy (non-hydrogen) atoms. The van der Waals surface area contributed by atoms with Gasteiger partial charge in [-0.25, -0.2) is 4.79 Å². The van der Waals surface area contributed by atoms with E-state index in [9.17, 15) is 4.79 Å². The summed E-state index contributed by atoms with van der Waals surface area (Å²) in [4.78, 5) is 12.3. The van der Waals surface area contributed by atoms with Gasteiger partial charge in [-0.05, 0) is 51.2 Å². The summed E-state index contributed by atoms with van der Waals surface area (Å²) in [6.45, 7) is 5.66. The van der Waals surface area contributed by atoms with Gasteiger partial charge in [0.05, 0.1) is 5.52 Å². The molecule has 3 heteroatoms. The van der Waals surface area contributed by atoms with E-state index in [1.165, 1.54) is 18.4 Å². The number of ether oxygens (including phenoxy) is 1. The Kier molecular flexibility index (Phi) is 2.66. The van der Waals surface area contributed by atoms with Gasteiger partial charge in [0, 0.05) is 11.6 Å². The second-order valence-corrected chi connectivity index (χ2v) is 6.23. The zero-order chi connectivity index (χ0) is 13.6. The normalized spacial score (nSPS) is 15.7. The SMILES string of the molecule is CC(C)(C)OC(=O)n1ccc2cccc(C3CC3)c21. The summed E-state index contributed by atoms with van der Waals surface area (Å²) < 4.78 is 7.12. The van der Waals surface area contributed by atoms with Gasteiger partial charge in [-0.2, -0.15) is 0 Å². The van der Waals surface area contributed by atoms with Crippen LogP contribution in [-0.4, -0.2) is 16.3 Å². The van der Waals surface area contributed by atoms with E-state index < -0.39 is 5.60 Å². The van der Waals surface area contributed by atoms with Crippen LogP contribution < -0.4 is 0 Å². The topological polar surface area (TPSA) is 31.2 Å². The van der Waals surface area contributed by atoms with Crippen molar-refractivity contribution in [1.82, 2.24) is 4.57 Å². The van der Waals surface area contributed by atoms with E-state index >= 15 is 0 Å². The number of hydrogen-bond acceptors (Lipinski definition) is 2. The van der Waals surface area contributed by atoms with E-state index in [1.54, 1.807) is 4.57 Å². The first kappa shape index (κ1) is 12.3. The third-order valence-electron chi connectivity index (χ3n) is 3.35. The van der Waals surface area contributed by atoms with E-state index in [1.807, 2.05) is 39.1 Å². The number of hydrogen-bond donors (Lipinski definition) is 0. The van der Waals surface area contributed by atoms with Gasteiger partial charge in [-0.1, -0.05) is 18.2 Å². The Morgan fingerprint density at radius 3 is 2.63 bits per heavy atom. The summed E-state index contributed by atoms with van der Waals surface area (Å²) in [5.74, 6) is 0.611. The Labute approximate surface area is 113 Å². The second-order valence-electron chi connectivity index (χ2n) is 6.23. The first-order valence-electron chi connectivity index (χ1n) is 6.79. The fourth-order valence-electron chi connectivity index (χ4n) is 2.41. The predicted molar refractivity (Wildman–Crippen MR) is 75.5 cm³/mol. The molecule has 1 aliphatic rings. The van der Waals surface area contributed by atoms with Crippen LogP contribution in [-0.2, 0) is 4.74 Å². The number of carbonyl (C=O) groups excluding carboxylic acids is 1. The molecular weight excluding hydrogens is 238 g/mol. The Balaban J connectivity index is 2.06. The van der Waals surface area contributed by atoms with Gasteiger partial charge in [0.15, 0.2) is 0 Å². The lowest BCUT2D eigenvalue weighted by Crippen LogP contribution is -2.26. The lowest BCUT2D eigenvalue weighted by atomic mass is 10.1. The maximum absolute atomic E-state index is 12.3. The smallest absolute Gasteiger partial charge is 0.419 e. The standard InChI is InChI=1S/C16H19NO2/c1-16(2,3)19-15(18)17-10-9-12-5-4-6-13(14(12)17)11-7-8-11/h4-6,9-11H,7-8H2,1-3H3. The number of benzene rings is 1. The fraction of sp³-hybridized carbons (Fsp3) is 0.438. The van der Waals surface area contributed by atoms with Crippen LogP contribution in [0.4, 0.5) is 4.79 Å². The van der Waals surface area contributed by atoms with Crippen molar-refractivity contribution in [2.45, 2.75) is 45.1 Å². The monoisotopic (exact) mass is 257 g/mol. The second kappa shape index (κ2) is 4.12. The zero-order valence-electron chi connectivity index (χ0n) is 11.6. The summed E-state index contributed by atoms with van der Waals surface area (Å²) >= 11 is 0. The van der Waals surface area contributed by atoms with E-state index in [4.69, 9.17) is 4.74 Å². The van der Waals surface area contributed by atoms with Gasteiger partial charge in [0.25, 0.3) is 0 Å². The minimum atomic E-state index is -0.470. The fourth-order valence-corrected chi connectivity index (χ4v) is 2.41. The molecule has 1 heterocycles. The number of fused-ring (bicyclic) bond motifs is 1. The zero-order valence-corrected chi connectivity index (χ0v) is 11.6. The van der Waals surface area contributed by atoms with E-state index in [0.29, 0.717) is 5.92 Å². The van der Waals surface area contributed by atoms with Gasteiger partial charge < -0.3 is 4.74 Å². The quantitative estimate of drug-likeness (QED) is 0.762. The maximum atomic E-state index is 12.3. The van der Waals surface area contributed by atoms with Gasteiger partial charge in [0.1, 0.15) is 5.60 Å². The van der Waals surface area contributed by atoms with Crippen LogP contribution in [0.5, 0.6) is 0 Å². The average Bonchev–Trinajstić information content (AvgIpc) is 3.05. The average molecular weight is 257 g/mol. The Hall–Kier alpha value is -1.77. The third kappa shape index (κ3) is 2.37. The number of aromatic nitrogens is 1. The van der Waals surface area contributed by atoms with Crippen LogP contribution in [0, 0.1) is 0 Å².